The van der Waals surface area contributed by atoms with Gasteiger partial charge >= 0.3 is 5.97 Å². The number of esters is 1. The molecule has 0 heterocycles. The largest absolute Gasteiger partial charge is 0.459 e. The molecule has 58 valence electrons. The van der Waals surface area contributed by atoms with Crippen LogP contribution in [0.4, 0.5) is 4.39 Å². The van der Waals surface area contributed by atoms with Crippen molar-refractivity contribution < 1.29 is 13.9 Å². The van der Waals surface area contributed by atoms with E-state index in [9.17, 15) is 9.18 Å². The molecule has 0 saturated carbocycles. The Morgan fingerprint density at radius 2 is 2.30 bits per heavy atom. The summed E-state index contributed by atoms with van der Waals surface area (Å²) in [7, 11) is 0. The van der Waals surface area contributed by atoms with E-state index >= 15 is 0 Å². The van der Waals surface area contributed by atoms with Crippen LogP contribution >= 0.6 is 0 Å². The maximum absolute atomic E-state index is 12.0. The Kier molecular flexibility index (Phi) is 3.69. The Bertz CT molecular complexity index is 141. The number of rotatable bonds is 3. The molecule has 1 atom stereocenters. The van der Waals surface area contributed by atoms with Crippen molar-refractivity contribution in [1.29, 1.82) is 0 Å². The fourth-order valence-corrected chi connectivity index (χ4v) is 0.314. The molecule has 0 saturated heterocycles. The molecule has 0 aromatic rings. The van der Waals surface area contributed by atoms with Gasteiger partial charge in [-0.25, -0.2) is 9.18 Å². The standard InChI is InChI=1S/C7H11FO2/c1-5(2)7(9)10-4-6(3)8/h6H,1,4H2,2-3H3. The molecule has 0 aromatic carbocycles. The van der Waals surface area contributed by atoms with Crippen molar-refractivity contribution in [3.05, 3.63) is 12.2 Å². The minimum absolute atomic E-state index is 0.189. The molecule has 0 spiro atoms. The summed E-state index contributed by atoms with van der Waals surface area (Å²) >= 11 is 0. The van der Waals surface area contributed by atoms with E-state index in [1.807, 2.05) is 0 Å². The highest BCUT2D eigenvalue weighted by Gasteiger charge is 2.05. The molecule has 10 heavy (non-hydrogen) atoms. The number of carbonyl (C=O) groups is 1. The predicted octanol–water partition coefficient (Wildman–Crippen LogP) is 1.46. The third-order valence-corrected chi connectivity index (χ3v) is 0.793. The first-order chi connectivity index (χ1) is 4.54. The normalized spacial score (nSPS) is 12.3. The van der Waals surface area contributed by atoms with Crippen LogP contribution in [-0.4, -0.2) is 18.7 Å². The van der Waals surface area contributed by atoms with E-state index in [0.29, 0.717) is 5.57 Å². The van der Waals surface area contributed by atoms with Gasteiger partial charge in [-0.3, -0.25) is 0 Å². The van der Waals surface area contributed by atoms with Gasteiger partial charge in [0.1, 0.15) is 12.8 Å². The maximum Gasteiger partial charge on any atom is 0.333 e. The summed E-state index contributed by atoms with van der Waals surface area (Å²) in [5.41, 5.74) is 0.292. The molecule has 0 aliphatic carbocycles. The van der Waals surface area contributed by atoms with Crippen LogP contribution in [0.2, 0.25) is 0 Å². The second kappa shape index (κ2) is 4.04. The molecule has 0 N–H and O–H groups in total. The zero-order valence-electron chi connectivity index (χ0n) is 6.19. The fraction of sp³-hybridized carbons (Fsp3) is 0.571. The molecule has 0 radical (unpaired) electrons. The van der Waals surface area contributed by atoms with Crippen LogP contribution < -0.4 is 0 Å². The van der Waals surface area contributed by atoms with Crippen molar-refractivity contribution in [2.45, 2.75) is 20.0 Å². The molecular formula is C7H11FO2. The quantitative estimate of drug-likeness (QED) is 0.445. The van der Waals surface area contributed by atoms with E-state index < -0.39 is 12.1 Å². The van der Waals surface area contributed by atoms with Gasteiger partial charge in [-0.2, -0.15) is 0 Å². The highest BCUT2D eigenvalue weighted by molar-refractivity contribution is 5.86. The van der Waals surface area contributed by atoms with E-state index in [-0.39, 0.29) is 6.61 Å². The first-order valence-corrected chi connectivity index (χ1v) is 3.00. The van der Waals surface area contributed by atoms with Crippen LogP contribution in [0.15, 0.2) is 12.2 Å². The lowest BCUT2D eigenvalue weighted by atomic mass is 10.4. The van der Waals surface area contributed by atoms with Gasteiger partial charge in [0, 0.05) is 5.57 Å². The number of hydrogen-bond acceptors (Lipinski definition) is 2. The second-order valence-corrected chi connectivity index (χ2v) is 2.16. The third-order valence-electron chi connectivity index (χ3n) is 0.793. The number of halogens is 1. The summed E-state index contributed by atoms with van der Waals surface area (Å²) in [4.78, 5) is 10.6. The van der Waals surface area contributed by atoms with Gasteiger partial charge in [0.15, 0.2) is 0 Å². The highest BCUT2D eigenvalue weighted by atomic mass is 19.1. The summed E-state index contributed by atoms with van der Waals surface area (Å²) in [5.74, 6) is -0.537. The van der Waals surface area contributed by atoms with E-state index in [1.54, 1.807) is 0 Å². The predicted molar refractivity (Wildman–Crippen MR) is 36.3 cm³/mol. The van der Waals surface area contributed by atoms with Crippen molar-refractivity contribution in [3.8, 4) is 0 Å². The lowest BCUT2D eigenvalue weighted by molar-refractivity contribution is -0.140. The van der Waals surface area contributed by atoms with Gasteiger partial charge < -0.3 is 4.74 Å². The lowest BCUT2D eigenvalue weighted by Crippen LogP contribution is -2.12. The van der Waals surface area contributed by atoms with Gasteiger partial charge in [0.05, 0.1) is 0 Å². The third kappa shape index (κ3) is 4.06. The molecule has 0 amide bonds. The topological polar surface area (TPSA) is 26.3 Å². The zero-order chi connectivity index (χ0) is 8.15. The Morgan fingerprint density at radius 1 is 1.80 bits per heavy atom. The Morgan fingerprint density at radius 3 is 2.60 bits per heavy atom. The number of hydrogen-bond donors (Lipinski definition) is 0. The molecule has 0 aromatic heterocycles. The van der Waals surface area contributed by atoms with Crippen LogP contribution in [0.3, 0.4) is 0 Å². The van der Waals surface area contributed by atoms with Crippen molar-refractivity contribution in [1.82, 2.24) is 0 Å². The summed E-state index contributed by atoms with van der Waals surface area (Å²) < 4.78 is 16.5. The second-order valence-electron chi connectivity index (χ2n) is 2.16. The van der Waals surface area contributed by atoms with Crippen LogP contribution in [-0.2, 0) is 9.53 Å². The van der Waals surface area contributed by atoms with Crippen LogP contribution in [0.5, 0.6) is 0 Å². The Balaban J connectivity index is 3.50. The van der Waals surface area contributed by atoms with Gasteiger partial charge in [-0.15, -0.1) is 0 Å². The smallest absolute Gasteiger partial charge is 0.333 e. The van der Waals surface area contributed by atoms with E-state index in [0.717, 1.165) is 0 Å². The fourth-order valence-electron chi connectivity index (χ4n) is 0.314. The molecular weight excluding hydrogens is 135 g/mol. The molecule has 1 unspecified atom stereocenters. The molecule has 0 fully saturated rings. The summed E-state index contributed by atoms with van der Waals surface area (Å²) in [5, 5.41) is 0. The van der Waals surface area contributed by atoms with Crippen LogP contribution in [0, 0.1) is 0 Å². The van der Waals surface area contributed by atoms with E-state index in [1.165, 1.54) is 13.8 Å². The van der Waals surface area contributed by atoms with Gasteiger partial charge in [0.2, 0.25) is 0 Å². The van der Waals surface area contributed by atoms with Gasteiger partial charge in [-0.05, 0) is 13.8 Å². The SMILES string of the molecule is C=C(C)C(=O)OCC(C)F. The molecule has 0 aliphatic rings. The monoisotopic (exact) mass is 146 g/mol. The average Bonchev–Trinajstić information content (AvgIpc) is 1.82. The van der Waals surface area contributed by atoms with Crippen molar-refractivity contribution in [2.75, 3.05) is 6.61 Å². The zero-order valence-corrected chi connectivity index (χ0v) is 6.19. The molecule has 0 rings (SSSR count). The molecule has 2 nitrogen and oxygen atoms in total. The van der Waals surface area contributed by atoms with Gasteiger partial charge in [0.25, 0.3) is 0 Å². The minimum atomic E-state index is -1.11. The van der Waals surface area contributed by atoms with Crippen LogP contribution in [0.1, 0.15) is 13.8 Å². The maximum atomic E-state index is 12.0. The number of carbonyl (C=O) groups excluding carboxylic acids is 1. The van der Waals surface area contributed by atoms with E-state index in [2.05, 4.69) is 11.3 Å². The molecule has 0 bridgehead atoms. The Hall–Kier alpha value is -0.860. The average molecular weight is 146 g/mol. The Labute approximate surface area is 59.7 Å². The summed E-state index contributed by atoms with van der Waals surface area (Å²) in [6.45, 7) is 5.99. The van der Waals surface area contributed by atoms with Crippen LogP contribution in [0.25, 0.3) is 0 Å². The first-order valence-electron chi connectivity index (χ1n) is 3.00. The summed E-state index contributed by atoms with van der Waals surface area (Å²) in [6.07, 6.45) is -1.11. The number of alkyl halides is 1. The van der Waals surface area contributed by atoms with Crippen molar-refractivity contribution >= 4 is 5.97 Å². The highest BCUT2D eigenvalue weighted by Crippen LogP contribution is 1.95. The molecule has 3 heteroatoms. The number of ether oxygens (including phenoxy) is 1. The van der Waals surface area contributed by atoms with E-state index in [4.69, 9.17) is 0 Å². The summed E-state index contributed by atoms with van der Waals surface area (Å²) in [6, 6.07) is 0. The van der Waals surface area contributed by atoms with Gasteiger partial charge in [-0.1, -0.05) is 6.58 Å². The molecule has 0 aliphatic heterocycles. The first kappa shape index (κ1) is 9.14. The van der Waals surface area contributed by atoms with Crippen molar-refractivity contribution in [2.24, 2.45) is 0 Å². The minimum Gasteiger partial charge on any atom is -0.459 e. The van der Waals surface area contributed by atoms with Crippen molar-refractivity contribution in [3.63, 3.8) is 0 Å². The lowest BCUT2D eigenvalue weighted by Gasteiger charge is -2.03.